The number of amides is 1. The lowest BCUT2D eigenvalue weighted by Gasteiger charge is -2.32. The predicted octanol–water partition coefficient (Wildman–Crippen LogP) is 3.46. The van der Waals surface area contributed by atoms with Crippen LogP contribution < -0.4 is 10.2 Å². The summed E-state index contributed by atoms with van der Waals surface area (Å²) in [5.41, 5.74) is 0.990. The van der Waals surface area contributed by atoms with Gasteiger partial charge >= 0.3 is 0 Å². The second-order valence-corrected chi connectivity index (χ2v) is 8.21. The van der Waals surface area contributed by atoms with Crippen molar-refractivity contribution in [1.82, 2.24) is 10.3 Å². The fourth-order valence-corrected chi connectivity index (χ4v) is 4.81. The SMILES string of the molecule is O=C(NC1CCOCC1)C1CCN(c2nc3ccc(Cl)cc3s2)CC1. The molecule has 1 N–H and O–H groups in total. The van der Waals surface area contributed by atoms with Crippen molar-refractivity contribution in [3.05, 3.63) is 23.2 Å². The molecule has 2 aromatic rings. The Morgan fingerprint density at radius 3 is 2.76 bits per heavy atom. The average molecular weight is 380 g/mol. The number of carbonyl (C=O) groups is 1. The Hall–Kier alpha value is -1.37. The van der Waals surface area contributed by atoms with E-state index < -0.39 is 0 Å². The Balaban J connectivity index is 1.34. The molecule has 0 radical (unpaired) electrons. The first-order valence-electron chi connectivity index (χ1n) is 8.88. The summed E-state index contributed by atoms with van der Waals surface area (Å²) in [7, 11) is 0. The summed E-state index contributed by atoms with van der Waals surface area (Å²) in [6.07, 6.45) is 3.62. The Morgan fingerprint density at radius 2 is 2.00 bits per heavy atom. The van der Waals surface area contributed by atoms with Crippen molar-refractivity contribution in [1.29, 1.82) is 0 Å². The molecular formula is C18H22ClN3O2S. The topological polar surface area (TPSA) is 54.5 Å². The maximum atomic E-state index is 12.5. The van der Waals surface area contributed by atoms with E-state index in [4.69, 9.17) is 21.3 Å². The molecule has 2 aliphatic rings. The molecule has 3 heterocycles. The van der Waals surface area contributed by atoms with Crippen LogP contribution in [0.15, 0.2) is 18.2 Å². The van der Waals surface area contributed by atoms with Gasteiger partial charge in [0.05, 0.1) is 10.2 Å². The number of nitrogens with zero attached hydrogens (tertiary/aromatic N) is 2. The maximum absolute atomic E-state index is 12.5. The average Bonchev–Trinajstić information content (AvgIpc) is 3.06. The van der Waals surface area contributed by atoms with E-state index in [1.165, 1.54) is 0 Å². The number of carbonyl (C=O) groups excluding carboxylic acids is 1. The summed E-state index contributed by atoms with van der Waals surface area (Å²) in [6, 6.07) is 6.09. The molecule has 1 aromatic heterocycles. The second kappa shape index (κ2) is 7.48. The molecule has 1 aromatic carbocycles. The van der Waals surface area contributed by atoms with Gasteiger partial charge in [0.2, 0.25) is 5.91 Å². The Kier molecular flexibility index (Phi) is 5.10. The minimum atomic E-state index is 0.114. The summed E-state index contributed by atoms with van der Waals surface area (Å²) < 4.78 is 6.46. The molecule has 0 atom stereocenters. The third kappa shape index (κ3) is 3.91. The van der Waals surface area contributed by atoms with Gasteiger partial charge in [-0.25, -0.2) is 4.98 Å². The number of halogens is 1. The van der Waals surface area contributed by atoms with Gasteiger partial charge in [0.25, 0.3) is 0 Å². The van der Waals surface area contributed by atoms with Crippen LogP contribution in [0.25, 0.3) is 10.2 Å². The minimum Gasteiger partial charge on any atom is -0.381 e. The number of hydrogen-bond donors (Lipinski definition) is 1. The fourth-order valence-electron chi connectivity index (χ4n) is 3.52. The van der Waals surface area contributed by atoms with Gasteiger partial charge in [-0.15, -0.1) is 0 Å². The van der Waals surface area contributed by atoms with Crippen LogP contribution in [0.4, 0.5) is 5.13 Å². The van der Waals surface area contributed by atoms with Crippen LogP contribution in [0.3, 0.4) is 0 Å². The normalized spacial score (nSPS) is 20.1. The van der Waals surface area contributed by atoms with Gasteiger partial charge in [-0.05, 0) is 43.9 Å². The molecule has 0 saturated carbocycles. The largest absolute Gasteiger partial charge is 0.381 e. The first kappa shape index (κ1) is 17.1. The molecule has 1 amide bonds. The van der Waals surface area contributed by atoms with E-state index >= 15 is 0 Å². The zero-order valence-electron chi connectivity index (χ0n) is 14.0. The smallest absolute Gasteiger partial charge is 0.223 e. The van der Waals surface area contributed by atoms with Crippen molar-refractivity contribution in [2.24, 2.45) is 5.92 Å². The number of fused-ring (bicyclic) bond motifs is 1. The number of aromatic nitrogens is 1. The first-order chi connectivity index (χ1) is 12.2. The minimum absolute atomic E-state index is 0.114. The second-order valence-electron chi connectivity index (χ2n) is 6.77. The van der Waals surface area contributed by atoms with Crippen molar-refractivity contribution >= 4 is 44.2 Å². The molecule has 2 aliphatic heterocycles. The molecule has 0 aliphatic carbocycles. The van der Waals surface area contributed by atoms with Crippen LogP contribution in [0.1, 0.15) is 25.7 Å². The number of hydrogen-bond acceptors (Lipinski definition) is 5. The van der Waals surface area contributed by atoms with Crippen molar-refractivity contribution in [2.45, 2.75) is 31.7 Å². The molecule has 4 rings (SSSR count). The lowest BCUT2D eigenvalue weighted by Crippen LogP contribution is -2.45. The molecule has 25 heavy (non-hydrogen) atoms. The monoisotopic (exact) mass is 379 g/mol. The fraction of sp³-hybridized carbons (Fsp3) is 0.556. The summed E-state index contributed by atoms with van der Waals surface area (Å²) in [5, 5.41) is 4.98. The highest BCUT2D eigenvalue weighted by molar-refractivity contribution is 7.22. The van der Waals surface area contributed by atoms with E-state index in [0.29, 0.717) is 0 Å². The van der Waals surface area contributed by atoms with E-state index in [9.17, 15) is 4.79 Å². The van der Waals surface area contributed by atoms with Crippen LogP contribution >= 0.6 is 22.9 Å². The van der Waals surface area contributed by atoms with Crippen LogP contribution in [-0.2, 0) is 9.53 Å². The van der Waals surface area contributed by atoms with E-state index in [2.05, 4.69) is 10.2 Å². The van der Waals surface area contributed by atoms with Crippen LogP contribution in [-0.4, -0.2) is 43.2 Å². The van der Waals surface area contributed by atoms with Crippen LogP contribution in [0, 0.1) is 5.92 Å². The van der Waals surface area contributed by atoms with Crippen molar-refractivity contribution in [2.75, 3.05) is 31.2 Å². The van der Waals surface area contributed by atoms with Crippen LogP contribution in [0.5, 0.6) is 0 Å². The van der Waals surface area contributed by atoms with Crippen molar-refractivity contribution < 1.29 is 9.53 Å². The number of nitrogens with one attached hydrogen (secondary N) is 1. The van der Waals surface area contributed by atoms with E-state index in [-0.39, 0.29) is 17.9 Å². The number of benzene rings is 1. The molecule has 5 nitrogen and oxygen atoms in total. The molecule has 134 valence electrons. The highest BCUT2D eigenvalue weighted by atomic mass is 35.5. The molecule has 0 bridgehead atoms. The summed E-state index contributed by atoms with van der Waals surface area (Å²) in [6.45, 7) is 3.26. The summed E-state index contributed by atoms with van der Waals surface area (Å²) in [5.74, 6) is 0.325. The number of ether oxygens (including phenoxy) is 1. The molecule has 7 heteroatoms. The molecule has 0 unspecified atom stereocenters. The van der Waals surface area contributed by atoms with Gasteiger partial charge in [-0.3, -0.25) is 4.79 Å². The lowest BCUT2D eigenvalue weighted by atomic mass is 9.95. The van der Waals surface area contributed by atoms with Gasteiger partial charge < -0.3 is 15.0 Å². The third-order valence-electron chi connectivity index (χ3n) is 5.04. The number of thiazole rings is 1. The van der Waals surface area contributed by atoms with Crippen LogP contribution in [0.2, 0.25) is 5.02 Å². The van der Waals surface area contributed by atoms with E-state index in [0.717, 1.165) is 72.4 Å². The third-order valence-corrected chi connectivity index (χ3v) is 6.36. The lowest BCUT2D eigenvalue weighted by molar-refractivity contribution is -0.126. The molecule has 0 spiro atoms. The molecule has 2 saturated heterocycles. The van der Waals surface area contributed by atoms with E-state index in [1.54, 1.807) is 11.3 Å². The maximum Gasteiger partial charge on any atom is 0.223 e. The van der Waals surface area contributed by atoms with Crippen molar-refractivity contribution in [3.8, 4) is 0 Å². The summed E-state index contributed by atoms with van der Waals surface area (Å²) >= 11 is 7.73. The highest BCUT2D eigenvalue weighted by Gasteiger charge is 2.28. The number of piperidine rings is 1. The Labute approximate surface area is 156 Å². The molecular weight excluding hydrogens is 358 g/mol. The van der Waals surface area contributed by atoms with Gasteiger partial charge in [-0.1, -0.05) is 22.9 Å². The Morgan fingerprint density at radius 1 is 1.24 bits per heavy atom. The van der Waals surface area contributed by atoms with Gasteiger partial charge in [0, 0.05) is 43.3 Å². The number of rotatable bonds is 3. The standard InChI is InChI=1S/C18H22ClN3O2S/c19-13-1-2-15-16(11-13)25-18(21-15)22-7-3-12(4-8-22)17(23)20-14-5-9-24-10-6-14/h1-2,11-12,14H,3-10H2,(H,20,23). The summed E-state index contributed by atoms with van der Waals surface area (Å²) in [4.78, 5) is 19.5. The predicted molar refractivity (Wildman–Crippen MR) is 102 cm³/mol. The zero-order chi connectivity index (χ0) is 17.2. The van der Waals surface area contributed by atoms with Crippen molar-refractivity contribution in [3.63, 3.8) is 0 Å². The van der Waals surface area contributed by atoms with Gasteiger partial charge in [-0.2, -0.15) is 0 Å². The van der Waals surface area contributed by atoms with Gasteiger partial charge in [0.1, 0.15) is 0 Å². The molecule has 2 fully saturated rings. The van der Waals surface area contributed by atoms with E-state index in [1.807, 2.05) is 18.2 Å². The Bertz CT molecular complexity index is 752. The highest BCUT2D eigenvalue weighted by Crippen LogP contribution is 2.33. The first-order valence-corrected chi connectivity index (χ1v) is 10.1. The van der Waals surface area contributed by atoms with Gasteiger partial charge in [0.15, 0.2) is 5.13 Å². The zero-order valence-corrected chi connectivity index (χ0v) is 15.6. The quantitative estimate of drug-likeness (QED) is 0.887. The number of anilines is 1.